The van der Waals surface area contributed by atoms with Crippen LogP contribution >= 0.6 is 11.8 Å². The van der Waals surface area contributed by atoms with Crippen LogP contribution < -0.4 is 5.32 Å². The molecule has 0 bridgehead atoms. The predicted octanol–water partition coefficient (Wildman–Crippen LogP) is 4.54. The van der Waals surface area contributed by atoms with E-state index in [0.29, 0.717) is 12.3 Å². The van der Waals surface area contributed by atoms with Crippen LogP contribution in [0.4, 0.5) is 5.95 Å². The summed E-state index contributed by atoms with van der Waals surface area (Å²) in [5.41, 5.74) is 4.27. The molecule has 0 saturated carbocycles. The molecule has 4 rings (SSSR count). The highest BCUT2D eigenvalue weighted by molar-refractivity contribution is 7.99. The molecular weight excluding hydrogens is 344 g/mol. The molecule has 1 N–H and O–H groups in total. The highest BCUT2D eigenvalue weighted by Gasteiger charge is 2.36. The number of ketones is 1. The molecule has 0 amide bonds. The number of aromatic nitrogens is 3. The summed E-state index contributed by atoms with van der Waals surface area (Å²) in [4.78, 5) is 17.4. The Morgan fingerprint density at radius 3 is 2.73 bits per heavy atom. The van der Waals surface area contributed by atoms with Crippen LogP contribution in [0.15, 0.2) is 40.7 Å². The summed E-state index contributed by atoms with van der Waals surface area (Å²) in [6.07, 6.45) is 2.40. The normalized spacial score (nSPS) is 19.4. The zero-order valence-corrected chi connectivity index (χ0v) is 16.3. The molecule has 2 aliphatic rings. The third-order valence-electron chi connectivity index (χ3n) is 5.04. The topological polar surface area (TPSA) is 59.8 Å². The zero-order valence-electron chi connectivity index (χ0n) is 15.5. The Bertz CT molecular complexity index is 866. The number of carbonyl (C=O) groups is 1. The second-order valence-electron chi connectivity index (χ2n) is 7.11. The van der Waals surface area contributed by atoms with E-state index in [1.54, 1.807) is 11.8 Å². The molecule has 1 aromatic carbocycles. The largest absolute Gasteiger partial charge is 0.328 e. The third-order valence-corrected chi connectivity index (χ3v) is 5.76. The minimum absolute atomic E-state index is 0.186. The first-order chi connectivity index (χ1) is 12.6. The van der Waals surface area contributed by atoms with Gasteiger partial charge in [-0.15, -0.1) is 5.10 Å². The summed E-state index contributed by atoms with van der Waals surface area (Å²) in [5, 5.41) is 8.83. The van der Waals surface area contributed by atoms with Crippen LogP contribution in [0.25, 0.3) is 0 Å². The minimum Gasteiger partial charge on any atom is -0.328 e. The van der Waals surface area contributed by atoms with Crippen molar-refractivity contribution in [2.75, 3.05) is 11.1 Å². The first-order valence-electron chi connectivity index (χ1n) is 9.31. The SMILES string of the molecule is CCSc1nc2n(n1)C(c1ccc(C(C)C)cc1)C1=C(CCCC1=O)N2. The smallest absolute Gasteiger partial charge is 0.227 e. The van der Waals surface area contributed by atoms with Crippen LogP contribution in [0.2, 0.25) is 0 Å². The summed E-state index contributed by atoms with van der Waals surface area (Å²) in [6.45, 7) is 6.47. The Morgan fingerprint density at radius 2 is 2.04 bits per heavy atom. The lowest BCUT2D eigenvalue weighted by Gasteiger charge is -2.32. The summed E-state index contributed by atoms with van der Waals surface area (Å²) in [5.74, 6) is 2.37. The van der Waals surface area contributed by atoms with Gasteiger partial charge in [0.2, 0.25) is 11.1 Å². The number of rotatable bonds is 4. The van der Waals surface area contributed by atoms with Gasteiger partial charge in [0, 0.05) is 17.7 Å². The van der Waals surface area contributed by atoms with E-state index >= 15 is 0 Å². The molecule has 6 heteroatoms. The Balaban J connectivity index is 1.83. The quantitative estimate of drug-likeness (QED) is 0.803. The van der Waals surface area contributed by atoms with Crippen molar-refractivity contribution in [3.8, 4) is 0 Å². The average molecular weight is 369 g/mol. The third kappa shape index (κ3) is 2.96. The number of thioether (sulfide) groups is 1. The first-order valence-corrected chi connectivity index (χ1v) is 10.3. The summed E-state index contributed by atoms with van der Waals surface area (Å²) < 4.78 is 1.89. The number of carbonyl (C=O) groups excluding carboxylic acids is 1. The molecule has 1 atom stereocenters. The number of allylic oxidation sites excluding steroid dienone is 2. The van der Waals surface area contributed by atoms with Crippen LogP contribution in [0, 0.1) is 0 Å². The van der Waals surface area contributed by atoms with Gasteiger partial charge in [-0.05, 0) is 35.6 Å². The Hall–Kier alpha value is -2.08. The van der Waals surface area contributed by atoms with Gasteiger partial charge >= 0.3 is 0 Å². The van der Waals surface area contributed by atoms with Crippen molar-refractivity contribution < 1.29 is 4.79 Å². The van der Waals surface area contributed by atoms with Crippen molar-refractivity contribution in [2.45, 2.75) is 57.1 Å². The maximum atomic E-state index is 12.8. The fraction of sp³-hybridized carbons (Fsp3) is 0.450. The lowest BCUT2D eigenvalue weighted by Crippen LogP contribution is -2.31. The Kier molecular flexibility index (Phi) is 4.61. The Morgan fingerprint density at radius 1 is 1.27 bits per heavy atom. The Labute approximate surface area is 158 Å². The fourth-order valence-corrected chi connectivity index (χ4v) is 4.25. The van der Waals surface area contributed by atoms with E-state index in [9.17, 15) is 4.79 Å². The highest BCUT2D eigenvalue weighted by atomic mass is 32.2. The summed E-state index contributed by atoms with van der Waals surface area (Å²) in [6, 6.07) is 8.40. The van der Waals surface area contributed by atoms with Crippen LogP contribution in [-0.4, -0.2) is 26.3 Å². The number of Topliss-reactive ketones (excluding diaryl/α,β-unsaturated/α-hetero) is 1. The molecule has 1 unspecified atom stereocenters. The van der Waals surface area contributed by atoms with Gasteiger partial charge in [0.25, 0.3) is 0 Å². The number of hydrogen-bond acceptors (Lipinski definition) is 5. The van der Waals surface area contributed by atoms with Crippen LogP contribution in [-0.2, 0) is 4.79 Å². The van der Waals surface area contributed by atoms with Crippen molar-refractivity contribution >= 4 is 23.5 Å². The lowest BCUT2D eigenvalue weighted by molar-refractivity contribution is -0.116. The number of nitrogens with zero attached hydrogens (tertiary/aromatic N) is 3. The van der Waals surface area contributed by atoms with Gasteiger partial charge < -0.3 is 5.32 Å². The van der Waals surface area contributed by atoms with E-state index in [4.69, 9.17) is 5.10 Å². The molecule has 136 valence electrons. The number of fused-ring (bicyclic) bond motifs is 1. The second-order valence-corrected chi connectivity index (χ2v) is 8.34. The molecule has 1 aromatic heterocycles. The molecule has 1 aliphatic carbocycles. The zero-order chi connectivity index (χ0) is 18.3. The molecule has 2 aromatic rings. The van der Waals surface area contributed by atoms with Gasteiger partial charge in [0.15, 0.2) is 5.78 Å². The van der Waals surface area contributed by atoms with Crippen LogP contribution in [0.5, 0.6) is 0 Å². The molecule has 0 fully saturated rings. The fourth-order valence-electron chi connectivity index (χ4n) is 3.70. The van der Waals surface area contributed by atoms with E-state index in [-0.39, 0.29) is 11.8 Å². The van der Waals surface area contributed by atoms with Crippen molar-refractivity contribution in [3.05, 3.63) is 46.7 Å². The molecule has 1 aliphatic heterocycles. The van der Waals surface area contributed by atoms with E-state index in [2.05, 4.69) is 55.3 Å². The first kappa shape index (κ1) is 17.3. The molecule has 5 nitrogen and oxygen atoms in total. The molecule has 0 spiro atoms. The second kappa shape index (κ2) is 6.91. The van der Waals surface area contributed by atoms with Crippen molar-refractivity contribution in [1.82, 2.24) is 14.8 Å². The summed E-state index contributed by atoms with van der Waals surface area (Å²) in [7, 11) is 0. The molecular formula is C20H24N4OS. The molecule has 2 heterocycles. The van der Waals surface area contributed by atoms with E-state index in [1.807, 2.05) is 4.68 Å². The number of hydrogen-bond donors (Lipinski definition) is 1. The predicted molar refractivity (Wildman–Crippen MR) is 105 cm³/mol. The minimum atomic E-state index is -0.186. The van der Waals surface area contributed by atoms with Crippen LogP contribution in [0.3, 0.4) is 0 Å². The van der Waals surface area contributed by atoms with Gasteiger partial charge in [0.05, 0.1) is 0 Å². The monoisotopic (exact) mass is 368 g/mol. The lowest BCUT2D eigenvalue weighted by atomic mass is 9.85. The maximum absolute atomic E-state index is 12.8. The molecule has 0 saturated heterocycles. The number of anilines is 1. The van der Waals surface area contributed by atoms with E-state index in [1.165, 1.54) is 5.56 Å². The van der Waals surface area contributed by atoms with Gasteiger partial charge in [-0.25, -0.2) is 4.68 Å². The van der Waals surface area contributed by atoms with Crippen LogP contribution in [0.1, 0.15) is 63.1 Å². The number of nitrogens with one attached hydrogen (secondary N) is 1. The van der Waals surface area contributed by atoms with Crippen molar-refractivity contribution in [3.63, 3.8) is 0 Å². The average Bonchev–Trinajstić information content (AvgIpc) is 3.02. The maximum Gasteiger partial charge on any atom is 0.227 e. The highest BCUT2D eigenvalue weighted by Crippen LogP contribution is 2.40. The van der Waals surface area contributed by atoms with Crippen molar-refractivity contribution in [2.24, 2.45) is 0 Å². The van der Waals surface area contributed by atoms with Gasteiger partial charge in [-0.2, -0.15) is 4.98 Å². The van der Waals surface area contributed by atoms with E-state index < -0.39 is 0 Å². The number of benzene rings is 1. The summed E-state index contributed by atoms with van der Waals surface area (Å²) >= 11 is 1.62. The van der Waals surface area contributed by atoms with Crippen molar-refractivity contribution in [1.29, 1.82) is 0 Å². The van der Waals surface area contributed by atoms with E-state index in [0.717, 1.165) is 46.5 Å². The molecule has 0 radical (unpaired) electrons. The standard InChI is InChI=1S/C20H24N4OS/c1-4-26-20-22-19-21-15-6-5-7-16(25)17(15)18(24(19)23-20)14-10-8-13(9-11-14)12(2)3/h8-12,18H,4-7H2,1-3H3,(H,21,22,23). The van der Waals surface area contributed by atoms with Gasteiger partial charge in [-0.3, -0.25) is 4.79 Å². The van der Waals surface area contributed by atoms with Gasteiger partial charge in [-0.1, -0.05) is 56.8 Å². The van der Waals surface area contributed by atoms with Gasteiger partial charge in [0.1, 0.15) is 6.04 Å². The molecule has 26 heavy (non-hydrogen) atoms.